The molecule has 0 radical (unpaired) electrons. The quantitative estimate of drug-likeness (QED) is 0.697. The van der Waals surface area contributed by atoms with Crippen LogP contribution in [0.2, 0.25) is 0 Å². The lowest BCUT2D eigenvalue weighted by molar-refractivity contribution is 0.493. The van der Waals surface area contributed by atoms with E-state index in [0.29, 0.717) is 0 Å². The van der Waals surface area contributed by atoms with Gasteiger partial charge in [-0.2, -0.15) is 0 Å². The first kappa shape index (κ1) is 11.9. The Morgan fingerprint density at radius 3 is 2.65 bits per heavy atom. The lowest BCUT2D eigenvalue weighted by Gasteiger charge is -2.26. The average Bonchev–Trinajstić information content (AvgIpc) is 2.82. The first-order valence-electron chi connectivity index (χ1n) is 6.28. The molecule has 88 valence electrons. The van der Waals surface area contributed by atoms with Crippen molar-refractivity contribution < 1.29 is 0 Å². The topological polar surface area (TPSA) is 12.4 Å². The fourth-order valence-corrected chi connectivity index (χ4v) is 2.47. The van der Waals surface area contributed by atoms with Gasteiger partial charge in [-0.15, -0.1) is 11.8 Å². The van der Waals surface area contributed by atoms with E-state index in [2.05, 4.69) is 54.1 Å². The van der Waals surface area contributed by atoms with Crippen LogP contribution in [0, 0.1) is 11.8 Å². The van der Waals surface area contributed by atoms with Gasteiger partial charge in [0, 0.05) is 24.1 Å². The van der Waals surface area contributed by atoms with Gasteiger partial charge in [0.25, 0.3) is 0 Å². The molecule has 1 heteroatoms. The summed E-state index contributed by atoms with van der Waals surface area (Å²) >= 11 is 0. The molecule has 17 heavy (non-hydrogen) atoms. The smallest absolute Gasteiger partial charge is 0.0498 e. The molecule has 0 fully saturated rings. The first-order chi connectivity index (χ1) is 8.30. The van der Waals surface area contributed by atoms with Gasteiger partial charge >= 0.3 is 0 Å². The van der Waals surface area contributed by atoms with E-state index in [1.807, 2.05) is 6.92 Å². The third-order valence-corrected chi connectivity index (χ3v) is 3.55. The fraction of sp³-hybridized carbons (Fsp3) is 0.438. The average molecular weight is 225 g/mol. The number of nitrogens with zero attached hydrogens (tertiary/aromatic N) is 1. The number of hydrogen-bond acceptors (Lipinski definition) is 1. The van der Waals surface area contributed by atoms with Gasteiger partial charge in [-0.3, -0.25) is 4.99 Å². The van der Waals surface area contributed by atoms with Crippen molar-refractivity contribution >= 4 is 5.71 Å². The molecule has 0 amide bonds. The SMILES string of the molecule is CC#CC[C@]1(c2ccccc2)CN=C(CC)C1. The second-order valence-electron chi connectivity index (χ2n) is 4.66. The highest BCUT2D eigenvalue weighted by atomic mass is 14.8. The van der Waals surface area contributed by atoms with Gasteiger partial charge in [-0.25, -0.2) is 0 Å². The minimum Gasteiger partial charge on any atom is -0.293 e. The van der Waals surface area contributed by atoms with Crippen LogP contribution in [-0.2, 0) is 5.41 Å². The molecule has 0 bridgehead atoms. The summed E-state index contributed by atoms with van der Waals surface area (Å²) in [5.41, 5.74) is 2.86. The van der Waals surface area contributed by atoms with Crippen LogP contribution in [0.15, 0.2) is 35.3 Å². The molecule has 1 atom stereocenters. The maximum Gasteiger partial charge on any atom is 0.0498 e. The summed E-state index contributed by atoms with van der Waals surface area (Å²) in [6.07, 6.45) is 3.05. The molecule has 0 aromatic heterocycles. The fourth-order valence-electron chi connectivity index (χ4n) is 2.47. The predicted octanol–water partition coefficient (Wildman–Crippen LogP) is 3.59. The van der Waals surface area contributed by atoms with Crippen molar-refractivity contribution in [1.29, 1.82) is 0 Å². The van der Waals surface area contributed by atoms with E-state index in [0.717, 1.165) is 25.8 Å². The zero-order chi connectivity index (χ0) is 12.1. The van der Waals surface area contributed by atoms with E-state index in [4.69, 9.17) is 0 Å². The summed E-state index contributed by atoms with van der Waals surface area (Å²) in [6.45, 7) is 5.00. The van der Waals surface area contributed by atoms with Crippen molar-refractivity contribution in [3.05, 3.63) is 35.9 Å². The number of hydrogen-bond donors (Lipinski definition) is 0. The van der Waals surface area contributed by atoms with Crippen molar-refractivity contribution in [2.45, 2.75) is 38.5 Å². The highest BCUT2D eigenvalue weighted by molar-refractivity contribution is 5.87. The molecule has 0 spiro atoms. The van der Waals surface area contributed by atoms with Crippen LogP contribution in [0.25, 0.3) is 0 Å². The van der Waals surface area contributed by atoms with Crippen LogP contribution < -0.4 is 0 Å². The zero-order valence-corrected chi connectivity index (χ0v) is 10.7. The largest absolute Gasteiger partial charge is 0.293 e. The highest BCUT2D eigenvalue weighted by Gasteiger charge is 2.36. The van der Waals surface area contributed by atoms with E-state index in [-0.39, 0.29) is 5.41 Å². The standard InChI is InChI=1S/C16H19N/c1-3-5-11-16(12-15(4-2)17-13-16)14-9-7-6-8-10-14/h6-10H,4,11-13H2,1-2H3/t16-/m1/s1. The summed E-state index contributed by atoms with van der Waals surface area (Å²) in [7, 11) is 0. The van der Waals surface area contributed by atoms with Gasteiger partial charge < -0.3 is 0 Å². The highest BCUT2D eigenvalue weighted by Crippen LogP contribution is 2.36. The third-order valence-electron chi connectivity index (χ3n) is 3.55. The van der Waals surface area contributed by atoms with Crippen molar-refractivity contribution in [3.63, 3.8) is 0 Å². The summed E-state index contributed by atoms with van der Waals surface area (Å²) in [4.78, 5) is 4.69. The van der Waals surface area contributed by atoms with Crippen LogP contribution in [0.5, 0.6) is 0 Å². The molecule has 0 saturated heterocycles. The molecule has 1 heterocycles. The maximum absolute atomic E-state index is 4.69. The Morgan fingerprint density at radius 1 is 1.29 bits per heavy atom. The van der Waals surface area contributed by atoms with E-state index in [9.17, 15) is 0 Å². The van der Waals surface area contributed by atoms with E-state index in [1.54, 1.807) is 0 Å². The molecule has 1 aliphatic rings. The summed E-state index contributed by atoms with van der Waals surface area (Å²) in [5.74, 6) is 6.27. The Bertz CT molecular complexity index is 461. The maximum atomic E-state index is 4.69. The van der Waals surface area contributed by atoms with Gasteiger partial charge in [-0.1, -0.05) is 37.3 Å². The van der Waals surface area contributed by atoms with E-state index >= 15 is 0 Å². The van der Waals surface area contributed by atoms with Gasteiger partial charge in [0.05, 0.1) is 0 Å². The number of benzene rings is 1. The predicted molar refractivity (Wildman–Crippen MR) is 73.4 cm³/mol. The molecule has 0 saturated carbocycles. The van der Waals surface area contributed by atoms with E-state index < -0.39 is 0 Å². The van der Waals surface area contributed by atoms with Crippen LogP contribution >= 0.6 is 0 Å². The number of aliphatic imine (C=N–C) groups is 1. The monoisotopic (exact) mass is 225 g/mol. The lowest BCUT2D eigenvalue weighted by Crippen LogP contribution is -2.27. The van der Waals surface area contributed by atoms with Crippen molar-refractivity contribution in [2.24, 2.45) is 4.99 Å². The molecule has 1 aromatic carbocycles. The van der Waals surface area contributed by atoms with Crippen LogP contribution in [-0.4, -0.2) is 12.3 Å². The van der Waals surface area contributed by atoms with Crippen LogP contribution in [0.3, 0.4) is 0 Å². The van der Waals surface area contributed by atoms with Crippen LogP contribution in [0.4, 0.5) is 0 Å². The van der Waals surface area contributed by atoms with Crippen molar-refractivity contribution in [2.75, 3.05) is 6.54 Å². The van der Waals surface area contributed by atoms with Crippen LogP contribution in [0.1, 0.15) is 38.7 Å². The minimum absolute atomic E-state index is 0.135. The van der Waals surface area contributed by atoms with Gasteiger partial charge in [-0.05, 0) is 25.3 Å². The Balaban J connectivity index is 2.29. The Labute approximate surface area is 104 Å². The van der Waals surface area contributed by atoms with Gasteiger partial charge in [0.2, 0.25) is 0 Å². The Kier molecular flexibility index (Phi) is 3.64. The lowest BCUT2D eigenvalue weighted by atomic mass is 9.75. The van der Waals surface area contributed by atoms with Crippen molar-refractivity contribution in [1.82, 2.24) is 0 Å². The molecule has 1 aliphatic heterocycles. The number of rotatable bonds is 3. The Morgan fingerprint density at radius 2 is 2.06 bits per heavy atom. The van der Waals surface area contributed by atoms with Crippen molar-refractivity contribution in [3.8, 4) is 11.8 Å². The van der Waals surface area contributed by atoms with Gasteiger partial charge in [0.1, 0.15) is 0 Å². The third kappa shape index (κ3) is 2.42. The summed E-state index contributed by atoms with van der Waals surface area (Å²) in [6, 6.07) is 10.7. The second-order valence-corrected chi connectivity index (χ2v) is 4.66. The summed E-state index contributed by atoms with van der Waals surface area (Å²) < 4.78 is 0. The van der Waals surface area contributed by atoms with Gasteiger partial charge in [0.15, 0.2) is 0 Å². The molecular formula is C16H19N. The second kappa shape index (κ2) is 5.19. The molecule has 0 unspecified atom stereocenters. The molecule has 0 N–H and O–H groups in total. The molecule has 0 aliphatic carbocycles. The molecule has 2 rings (SSSR count). The molecule has 1 aromatic rings. The molecule has 1 nitrogen and oxygen atoms in total. The normalized spacial score (nSPS) is 22.8. The minimum atomic E-state index is 0.135. The first-order valence-corrected chi connectivity index (χ1v) is 6.28. The van der Waals surface area contributed by atoms with E-state index in [1.165, 1.54) is 11.3 Å². The molecular weight excluding hydrogens is 206 g/mol. The Hall–Kier alpha value is -1.55. The summed E-state index contributed by atoms with van der Waals surface area (Å²) in [5, 5.41) is 0. The zero-order valence-electron chi connectivity index (χ0n) is 10.7.